The molecule has 0 radical (unpaired) electrons. The molecule has 3 heterocycles. The topological polar surface area (TPSA) is 124 Å². The van der Waals surface area contributed by atoms with Crippen molar-refractivity contribution >= 4 is 40.3 Å². The molecule has 11 nitrogen and oxygen atoms in total. The Morgan fingerprint density at radius 3 is 2.45 bits per heavy atom. The number of carbonyl (C=O) groups is 1. The number of aromatic nitrogens is 2. The van der Waals surface area contributed by atoms with Crippen molar-refractivity contribution in [2.24, 2.45) is 0 Å². The van der Waals surface area contributed by atoms with Crippen LogP contribution in [0.1, 0.15) is 41.7 Å². The third kappa shape index (κ3) is 5.12. The normalized spacial score (nSPS) is 16.2. The van der Waals surface area contributed by atoms with Crippen molar-refractivity contribution < 1.29 is 19.2 Å². The van der Waals surface area contributed by atoms with E-state index in [0.717, 1.165) is 28.3 Å². The van der Waals surface area contributed by atoms with E-state index in [1.54, 1.807) is 25.4 Å². The maximum atomic E-state index is 12.0. The molecule has 2 aromatic carbocycles. The Kier molecular flexibility index (Phi) is 7.81. The van der Waals surface area contributed by atoms with Gasteiger partial charge in [0.1, 0.15) is 11.5 Å². The Morgan fingerprint density at radius 2 is 1.81 bits per heavy atom. The second-order valence-electron chi connectivity index (χ2n) is 9.84. The largest absolute Gasteiger partial charge is 0.495 e. The summed E-state index contributed by atoms with van der Waals surface area (Å²) in [6, 6.07) is 17.1. The van der Waals surface area contributed by atoms with Crippen molar-refractivity contribution in [1.82, 2.24) is 14.9 Å². The van der Waals surface area contributed by atoms with Gasteiger partial charge in [0.25, 0.3) is 5.69 Å². The number of nitrogens with one attached hydrogen (secondary N) is 2. The quantitative estimate of drug-likeness (QED) is 0.155. The van der Waals surface area contributed by atoms with Crippen molar-refractivity contribution in [2.45, 2.75) is 32.9 Å². The van der Waals surface area contributed by atoms with Gasteiger partial charge in [0.2, 0.25) is 5.91 Å². The number of hydrogen-bond acceptors (Lipinski definition) is 7. The summed E-state index contributed by atoms with van der Waals surface area (Å²) in [6.07, 6.45) is 1.74. The fourth-order valence-electron chi connectivity index (χ4n) is 5.51. The van der Waals surface area contributed by atoms with Gasteiger partial charge in [-0.1, -0.05) is 6.07 Å². The molecule has 5 rings (SSSR count). The van der Waals surface area contributed by atoms with Crippen molar-refractivity contribution in [3.05, 3.63) is 99.6 Å². The highest BCUT2D eigenvalue weighted by atomic mass is 32.1. The molecule has 2 aromatic heterocycles. The van der Waals surface area contributed by atoms with Crippen LogP contribution in [-0.2, 0) is 4.79 Å². The average molecular weight is 587 g/mol. The van der Waals surface area contributed by atoms with Crippen LogP contribution >= 0.6 is 12.2 Å². The molecule has 0 bridgehead atoms. The molecule has 1 amide bonds. The molecule has 0 spiro atoms. The highest BCUT2D eigenvalue weighted by Crippen LogP contribution is 2.45. The predicted octanol–water partition coefficient (Wildman–Crippen LogP) is 5.55. The SMILES string of the molecule is COc1ccc(N2C(=S)NC(c3ccccn3)C2c2cc(C)n(-c3cc([N+](=O)[O-])ccc3OC)c2C)cc1NC(C)=O. The highest BCUT2D eigenvalue weighted by molar-refractivity contribution is 7.80. The van der Waals surface area contributed by atoms with Gasteiger partial charge in [-0.3, -0.25) is 19.9 Å². The van der Waals surface area contributed by atoms with E-state index in [1.807, 2.05) is 53.6 Å². The molecule has 1 aliphatic rings. The molecule has 1 fully saturated rings. The number of nitro groups is 1. The number of methoxy groups -OCH3 is 2. The van der Waals surface area contributed by atoms with E-state index in [-0.39, 0.29) is 23.7 Å². The first-order chi connectivity index (χ1) is 20.1. The zero-order valence-electron chi connectivity index (χ0n) is 23.7. The van der Waals surface area contributed by atoms with Crippen LogP contribution in [0.25, 0.3) is 5.69 Å². The Labute approximate surface area is 248 Å². The lowest BCUT2D eigenvalue weighted by Gasteiger charge is -2.29. The third-order valence-corrected chi connectivity index (χ3v) is 7.59. The number of carbonyl (C=O) groups excluding carboxylic acids is 1. The summed E-state index contributed by atoms with van der Waals surface area (Å²) in [5, 5.41) is 18.4. The van der Waals surface area contributed by atoms with E-state index in [0.29, 0.717) is 28.0 Å². The summed E-state index contributed by atoms with van der Waals surface area (Å²) in [5.41, 5.74) is 5.19. The van der Waals surface area contributed by atoms with Crippen LogP contribution < -0.4 is 25.0 Å². The third-order valence-electron chi connectivity index (χ3n) is 7.27. The van der Waals surface area contributed by atoms with E-state index in [9.17, 15) is 14.9 Å². The number of non-ortho nitro benzene ring substituents is 1. The van der Waals surface area contributed by atoms with Crippen LogP contribution in [0.4, 0.5) is 17.1 Å². The molecule has 42 heavy (non-hydrogen) atoms. The van der Waals surface area contributed by atoms with Gasteiger partial charge in [0.15, 0.2) is 5.11 Å². The van der Waals surface area contributed by atoms with Crippen LogP contribution in [0.3, 0.4) is 0 Å². The summed E-state index contributed by atoms with van der Waals surface area (Å²) in [5.74, 6) is 0.785. The number of rotatable bonds is 8. The molecule has 4 aromatic rings. The number of anilines is 2. The summed E-state index contributed by atoms with van der Waals surface area (Å²) in [4.78, 5) is 29.8. The van der Waals surface area contributed by atoms with E-state index >= 15 is 0 Å². The van der Waals surface area contributed by atoms with Crippen LogP contribution in [0.15, 0.2) is 66.9 Å². The molecule has 2 N–H and O–H groups in total. The van der Waals surface area contributed by atoms with Gasteiger partial charge < -0.3 is 29.6 Å². The van der Waals surface area contributed by atoms with Gasteiger partial charge >= 0.3 is 0 Å². The number of aryl methyl sites for hydroxylation is 1. The molecule has 1 saturated heterocycles. The number of benzene rings is 2. The van der Waals surface area contributed by atoms with Gasteiger partial charge in [-0.15, -0.1) is 0 Å². The van der Waals surface area contributed by atoms with Gasteiger partial charge in [-0.05, 0) is 74.1 Å². The van der Waals surface area contributed by atoms with E-state index < -0.39 is 4.92 Å². The number of nitro benzene ring substituents is 1. The smallest absolute Gasteiger partial charge is 0.271 e. The van der Waals surface area contributed by atoms with Crippen LogP contribution in [0.5, 0.6) is 11.5 Å². The lowest BCUT2D eigenvalue weighted by atomic mass is 9.96. The van der Waals surface area contributed by atoms with Crippen LogP contribution in [-0.4, -0.2) is 39.7 Å². The number of hydrogen-bond donors (Lipinski definition) is 2. The van der Waals surface area contributed by atoms with Crippen molar-refractivity contribution in [1.29, 1.82) is 0 Å². The second-order valence-corrected chi connectivity index (χ2v) is 10.2. The second kappa shape index (κ2) is 11.5. The molecule has 216 valence electrons. The Morgan fingerprint density at radius 1 is 1.07 bits per heavy atom. The van der Waals surface area contributed by atoms with Gasteiger partial charge in [0, 0.05) is 42.3 Å². The summed E-state index contributed by atoms with van der Waals surface area (Å²) < 4.78 is 13.0. The average Bonchev–Trinajstić information content (AvgIpc) is 3.47. The number of pyridine rings is 1. The molecule has 12 heteroatoms. The Bertz CT molecular complexity index is 1690. The van der Waals surface area contributed by atoms with Crippen molar-refractivity contribution in [3.63, 3.8) is 0 Å². The van der Waals surface area contributed by atoms with Crippen LogP contribution in [0, 0.1) is 24.0 Å². The monoisotopic (exact) mass is 586 g/mol. The summed E-state index contributed by atoms with van der Waals surface area (Å²) in [6.45, 7) is 5.34. The lowest BCUT2D eigenvalue weighted by molar-refractivity contribution is -0.384. The van der Waals surface area contributed by atoms with Crippen LogP contribution in [0.2, 0.25) is 0 Å². The van der Waals surface area contributed by atoms with Crippen molar-refractivity contribution in [3.8, 4) is 17.2 Å². The lowest BCUT2D eigenvalue weighted by Crippen LogP contribution is -2.29. The standard InChI is InChI=1S/C30H30N6O5S/c1-17-14-22(18(2)34(17)25-16-21(36(38)39)10-12-27(25)41-5)29-28(23-8-6-7-13-31-23)33-30(42)35(29)20-9-11-26(40-4)24(15-20)32-19(3)37/h6-16,28-29H,1-5H3,(H,32,37)(H,33,42). The van der Waals surface area contributed by atoms with Gasteiger partial charge in [0.05, 0.1) is 48.3 Å². The first kappa shape index (κ1) is 28.6. The molecular formula is C30H30N6O5S. The Hall–Kier alpha value is -4.97. The minimum absolute atomic E-state index is 0.0414. The minimum Gasteiger partial charge on any atom is -0.495 e. The fourth-order valence-corrected chi connectivity index (χ4v) is 5.85. The maximum Gasteiger partial charge on any atom is 0.271 e. The first-order valence-corrected chi connectivity index (χ1v) is 13.5. The predicted molar refractivity (Wildman–Crippen MR) is 164 cm³/mol. The zero-order chi connectivity index (χ0) is 30.1. The Balaban J connectivity index is 1.71. The van der Waals surface area contributed by atoms with Gasteiger partial charge in [-0.2, -0.15) is 0 Å². The van der Waals surface area contributed by atoms with E-state index in [4.69, 9.17) is 21.7 Å². The first-order valence-electron chi connectivity index (χ1n) is 13.1. The number of nitrogens with zero attached hydrogens (tertiary/aromatic N) is 4. The van der Waals surface area contributed by atoms with E-state index in [1.165, 1.54) is 26.2 Å². The molecule has 2 unspecified atom stereocenters. The highest BCUT2D eigenvalue weighted by Gasteiger charge is 2.42. The van der Waals surface area contributed by atoms with Gasteiger partial charge in [-0.25, -0.2) is 0 Å². The number of ether oxygens (including phenoxy) is 2. The minimum atomic E-state index is -0.424. The summed E-state index contributed by atoms with van der Waals surface area (Å²) in [7, 11) is 3.08. The molecule has 0 saturated carbocycles. The fraction of sp³-hybridized carbons (Fsp3) is 0.233. The maximum absolute atomic E-state index is 12.0. The summed E-state index contributed by atoms with van der Waals surface area (Å²) >= 11 is 5.90. The molecule has 1 aliphatic heterocycles. The number of amides is 1. The number of thiocarbonyl (C=S) groups is 1. The molecular weight excluding hydrogens is 556 g/mol. The molecule has 0 aliphatic carbocycles. The van der Waals surface area contributed by atoms with E-state index in [2.05, 4.69) is 21.7 Å². The molecule has 2 atom stereocenters. The zero-order valence-corrected chi connectivity index (χ0v) is 24.6. The van der Waals surface area contributed by atoms with Crippen molar-refractivity contribution in [2.75, 3.05) is 24.4 Å².